The molecular formula is C14H16ClN3. The molecule has 1 aliphatic carbocycles. The van der Waals surface area contributed by atoms with Gasteiger partial charge in [-0.2, -0.15) is 0 Å². The third-order valence-electron chi connectivity index (χ3n) is 3.57. The normalized spacial score (nSPS) is 18.0. The number of halogens is 1. The fourth-order valence-electron chi connectivity index (χ4n) is 2.53. The van der Waals surface area contributed by atoms with E-state index in [9.17, 15) is 0 Å². The van der Waals surface area contributed by atoms with Crippen LogP contribution in [0.3, 0.4) is 0 Å². The highest BCUT2D eigenvalue weighted by molar-refractivity contribution is 6.30. The molecule has 1 heterocycles. The molecule has 0 saturated heterocycles. The lowest BCUT2D eigenvalue weighted by molar-refractivity contribution is 0.514. The van der Waals surface area contributed by atoms with Gasteiger partial charge in [-0.15, -0.1) is 0 Å². The number of aromatic nitrogens is 2. The first-order valence-electron chi connectivity index (χ1n) is 6.19. The van der Waals surface area contributed by atoms with Crippen molar-refractivity contribution in [1.82, 2.24) is 14.9 Å². The molecule has 1 aliphatic rings. The number of rotatable bonds is 3. The zero-order valence-corrected chi connectivity index (χ0v) is 11.1. The second-order valence-corrected chi connectivity index (χ2v) is 5.29. The zero-order chi connectivity index (χ0) is 12.5. The summed E-state index contributed by atoms with van der Waals surface area (Å²) in [6, 6.07) is 6.69. The average molecular weight is 262 g/mol. The standard InChI is InChI=1S/C14H16ClN3/c1-18-5-4-16-14(18)9-17-13-7-10-2-3-12(15)6-11(10)8-13/h2-6,13,17H,7-9H2,1H3. The first-order valence-corrected chi connectivity index (χ1v) is 6.57. The summed E-state index contributed by atoms with van der Waals surface area (Å²) in [5.74, 6) is 1.07. The van der Waals surface area contributed by atoms with E-state index in [2.05, 4.69) is 22.4 Å². The van der Waals surface area contributed by atoms with E-state index in [4.69, 9.17) is 11.6 Å². The summed E-state index contributed by atoms with van der Waals surface area (Å²) >= 11 is 6.02. The van der Waals surface area contributed by atoms with Gasteiger partial charge in [0.25, 0.3) is 0 Å². The van der Waals surface area contributed by atoms with Gasteiger partial charge < -0.3 is 9.88 Å². The highest BCUT2D eigenvalue weighted by Gasteiger charge is 2.21. The lowest BCUT2D eigenvalue weighted by Crippen LogP contribution is -2.30. The summed E-state index contributed by atoms with van der Waals surface area (Å²) in [5, 5.41) is 4.40. The van der Waals surface area contributed by atoms with E-state index in [1.165, 1.54) is 11.1 Å². The number of nitrogens with zero attached hydrogens (tertiary/aromatic N) is 2. The first kappa shape index (κ1) is 11.8. The number of nitrogens with one attached hydrogen (secondary N) is 1. The SMILES string of the molecule is Cn1ccnc1CNC1Cc2ccc(Cl)cc2C1. The molecule has 1 unspecified atom stereocenters. The highest BCUT2D eigenvalue weighted by Crippen LogP contribution is 2.25. The van der Waals surface area contributed by atoms with Crippen molar-refractivity contribution in [3.8, 4) is 0 Å². The lowest BCUT2D eigenvalue weighted by atomic mass is 10.1. The van der Waals surface area contributed by atoms with Crippen molar-refractivity contribution < 1.29 is 0 Å². The van der Waals surface area contributed by atoms with Gasteiger partial charge in [-0.05, 0) is 36.1 Å². The summed E-state index contributed by atoms with van der Waals surface area (Å²) in [5.41, 5.74) is 2.79. The largest absolute Gasteiger partial charge is 0.337 e. The third kappa shape index (κ3) is 2.28. The predicted molar refractivity (Wildman–Crippen MR) is 72.7 cm³/mol. The van der Waals surface area contributed by atoms with E-state index < -0.39 is 0 Å². The zero-order valence-electron chi connectivity index (χ0n) is 10.4. The Hall–Kier alpha value is -1.32. The van der Waals surface area contributed by atoms with Crippen molar-refractivity contribution in [3.05, 3.63) is 52.6 Å². The van der Waals surface area contributed by atoms with Crippen LogP contribution in [0.4, 0.5) is 0 Å². The van der Waals surface area contributed by atoms with Gasteiger partial charge in [-0.3, -0.25) is 0 Å². The Morgan fingerprint density at radius 3 is 3.00 bits per heavy atom. The van der Waals surface area contributed by atoms with E-state index in [0.717, 1.165) is 30.2 Å². The number of benzene rings is 1. The van der Waals surface area contributed by atoms with Crippen molar-refractivity contribution in [2.24, 2.45) is 7.05 Å². The summed E-state index contributed by atoms with van der Waals surface area (Å²) in [7, 11) is 2.02. The van der Waals surface area contributed by atoms with Crippen LogP contribution in [0.15, 0.2) is 30.6 Å². The van der Waals surface area contributed by atoms with Gasteiger partial charge >= 0.3 is 0 Å². The fourth-order valence-corrected chi connectivity index (χ4v) is 2.73. The maximum absolute atomic E-state index is 6.02. The van der Waals surface area contributed by atoms with Crippen LogP contribution in [0, 0.1) is 0 Å². The number of imidazole rings is 1. The predicted octanol–water partition coefficient (Wildman–Crippen LogP) is 2.33. The second kappa shape index (κ2) is 4.75. The molecule has 3 rings (SSSR count). The molecule has 0 amide bonds. The molecular weight excluding hydrogens is 246 g/mol. The fraction of sp³-hybridized carbons (Fsp3) is 0.357. The van der Waals surface area contributed by atoms with Crippen LogP contribution in [0.5, 0.6) is 0 Å². The Bertz CT molecular complexity index is 562. The minimum Gasteiger partial charge on any atom is -0.337 e. The van der Waals surface area contributed by atoms with Crippen LogP contribution < -0.4 is 5.32 Å². The van der Waals surface area contributed by atoms with Gasteiger partial charge in [0.1, 0.15) is 5.82 Å². The molecule has 0 fully saturated rings. The van der Waals surface area contributed by atoms with E-state index in [-0.39, 0.29) is 0 Å². The monoisotopic (exact) mass is 261 g/mol. The molecule has 0 radical (unpaired) electrons. The number of aryl methyl sites for hydroxylation is 1. The van der Waals surface area contributed by atoms with Crippen molar-refractivity contribution in [2.45, 2.75) is 25.4 Å². The minimum absolute atomic E-state index is 0.496. The summed E-state index contributed by atoms with van der Waals surface area (Å²) in [6.07, 6.45) is 5.94. The summed E-state index contributed by atoms with van der Waals surface area (Å²) < 4.78 is 2.05. The Kier molecular flexibility index (Phi) is 3.10. The number of hydrogen-bond donors (Lipinski definition) is 1. The quantitative estimate of drug-likeness (QED) is 0.919. The van der Waals surface area contributed by atoms with Crippen molar-refractivity contribution in [2.75, 3.05) is 0 Å². The molecule has 0 bridgehead atoms. The van der Waals surface area contributed by atoms with Gasteiger partial charge in [0, 0.05) is 30.5 Å². The van der Waals surface area contributed by atoms with Crippen LogP contribution >= 0.6 is 11.6 Å². The number of hydrogen-bond acceptors (Lipinski definition) is 2. The molecule has 18 heavy (non-hydrogen) atoms. The molecule has 1 N–H and O–H groups in total. The van der Waals surface area contributed by atoms with Crippen LogP contribution in [-0.4, -0.2) is 15.6 Å². The van der Waals surface area contributed by atoms with Crippen LogP contribution in [0.1, 0.15) is 17.0 Å². The van der Waals surface area contributed by atoms with Crippen molar-refractivity contribution in [3.63, 3.8) is 0 Å². The van der Waals surface area contributed by atoms with Crippen molar-refractivity contribution >= 4 is 11.6 Å². The summed E-state index contributed by atoms with van der Waals surface area (Å²) in [4.78, 5) is 4.32. The van der Waals surface area contributed by atoms with E-state index in [1.54, 1.807) is 0 Å². The van der Waals surface area contributed by atoms with E-state index in [1.807, 2.05) is 30.1 Å². The van der Waals surface area contributed by atoms with Gasteiger partial charge in [-0.1, -0.05) is 17.7 Å². The molecule has 94 valence electrons. The van der Waals surface area contributed by atoms with E-state index >= 15 is 0 Å². The van der Waals surface area contributed by atoms with Gasteiger partial charge in [0.2, 0.25) is 0 Å². The molecule has 4 heteroatoms. The Labute approximate surface area is 112 Å². The van der Waals surface area contributed by atoms with Crippen LogP contribution in [-0.2, 0) is 26.4 Å². The van der Waals surface area contributed by atoms with Crippen molar-refractivity contribution in [1.29, 1.82) is 0 Å². The Morgan fingerprint density at radius 2 is 2.22 bits per heavy atom. The molecule has 1 aromatic heterocycles. The Morgan fingerprint density at radius 1 is 1.39 bits per heavy atom. The highest BCUT2D eigenvalue weighted by atomic mass is 35.5. The molecule has 1 atom stereocenters. The topological polar surface area (TPSA) is 29.9 Å². The molecule has 0 spiro atoms. The Balaban J connectivity index is 1.63. The molecule has 2 aromatic rings. The van der Waals surface area contributed by atoms with E-state index in [0.29, 0.717) is 6.04 Å². The second-order valence-electron chi connectivity index (χ2n) is 4.85. The summed E-state index contributed by atoms with van der Waals surface area (Å²) in [6.45, 7) is 0.815. The lowest BCUT2D eigenvalue weighted by Gasteiger charge is -2.11. The molecule has 0 aliphatic heterocycles. The first-order chi connectivity index (χ1) is 8.72. The number of fused-ring (bicyclic) bond motifs is 1. The average Bonchev–Trinajstić information content (AvgIpc) is 2.92. The smallest absolute Gasteiger partial charge is 0.122 e. The van der Waals surface area contributed by atoms with Gasteiger partial charge in [0.15, 0.2) is 0 Å². The molecule has 0 saturated carbocycles. The molecule has 3 nitrogen and oxygen atoms in total. The third-order valence-corrected chi connectivity index (χ3v) is 3.81. The van der Waals surface area contributed by atoms with Crippen LogP contribution in [0.2, 0.25) is 5.02 Å². The maximum Gasteiger partial charge on any atom is 0.122 e. The minimum atomic E-state index is 0.496. The van der Waals surface area contributed by atoms with Gasteiger partial charge in [0.05, 0.1) is 6.54 Å². The van der Waals surface area contributed by atoms with Crippen LogP contribution in [0.25, 0.3) is 0 Å². The van der Waals surface area contributed by atoms with Gasteiger partial charge in [-0.25, -0.2) is 4.98 Å². The molecule has 1 aromatic carbocycles. The maximum atomic E-state index is 6.02.